The summed E-state index contributed by atoms with van der Waals surface area (Å²) < 4.78 is 0. The zero-order valence-corrected chi connectivity index (χ0v) is 15.2. The van der Waals surface area contributed by atoms with Crippen molar-refractivity contribution >= 4 is 28.0 Å². The average Bonchev–Trinajstić information content (AvgIpc) is 3.38. The summed E-state index contributed by atoms with van der Waals surface area (Å²) in [5, 5.41) is 10.7. The number of nitrogens with one attached hydrogen (secondary N) is 1. The number of hydrogen-bond donors (Lipinski definition) is 1. The molecule has 1 aliphatic rings. The first-order valence-corrected chi connectivity index (χ1v) is 9.59. The van der Waals surface area contributed by atoms with Gasteiger partial charge in [-0.25, -0.2) is 4.98 Å². The number of nitrogens with zero attached hydrogens (tertiary/aromatic N) is 5. The number of H-pyrrole nitrogens is 1. The molecule has 0 unspecified atom stereocenters. The fraction of sp³-hybridized carbons (Fsp3) is 0.211. The molecule has 4 aromatic rings. The maximum absolute atomic E-state index is 13.0. The molecule has 1 N–H and O–H groups in total. The normalized spacial score (nSPS) is 16.4. The van der Waals surface area contributed by atoms with Crippen LogP contribution >= 0.6 is 11.3 Å². The van der Waals surface area contributed by atoms with Crippen LogP contribution in [0.1, 0.15) is 28.1 Å². The monoisotopic (exact) mass is 376 g/mol. The van der Waals surface area contributed by atoms with Gasteiger partial charge in [-0.2, -0.15) is 0 Å². The number of imidazole rings is 1. The number of benzene rings is 1. The quantitative estimate of drug-likeness (QED) is 0.594. The fourth-order valence-electron chi connectivity index (χ4n) is 3.60. The Hall–Kier alpha value is -3.13. The first-order chi connectivity index (χ1) is 13.3. The highest BCUT2D eigenvalue weighted by Crippen LogP contribution is 2.34. The zero-order chi connectivity index (χ0) is 18.2. The van der Waals surface area contributed by atoms with Crippen LogP contribution in [0, 0.1) is 0 Å². The number of aromatic amines is 1. The van der Waals surface area contributed by atoms with Crippen molar-refractivity contribution < 1.29 is 4.79 Å². The van der Waals surface area contributed by atoms with Gasteiger partial charge in [0.15, 0.2) is 0 Å². The Balaban J connectivity index is 1.56. The molecule has 3 aromatic heterocycles. The number of amides is 1. The van der Waals surface area contributed by atoms with Crippen molar-refractivity contribution in [3.8, 4) is 0 Å². The molecule has 0 aliphatic carbocycles. The van der Waals surface area contributed by atoms with Crippen molar-refractivity contribution in [3.63, 3.8) is 0 Å². The molecule has 0 saturated carbocycles. The molecule has 5 rings (SSSR count). The predicted octanol–water partition coefficient (Wildman–Crippen LogP) is 2.53. The summed E-state index contributed by atoms with van der Waals surface area (Å²) in [5.41, 5.74) is 4.41. The van der Waals surface area contributed by atoms with Crippen LogP contribution in [0.25, 0.3) is 10.8 Å². The molecule has 27 heavy (non-hydrogen) atoms. The maximum Gasteiger partial charge on any atom is 0.230 e. The predicted molar refractivity (Wildman–Crippen MR) is 101 cm³/mol. The molecular formula is C19H16N6OS. The Morgan fingerprint density at radius 2 is 2.15 bits per heavy atom. The Bertz CT molecular complexity index is 1110. The minimum absolute atomic E-state index is 0.0142. The number of carbonyl (C=O) groups is 1. The lowest BCUT2D eigenvalue weighted by molar-refractivity contribution is -0.132. The zero-order valence-electron chi connectivity index (χ0n) is 14.4. The number of hydrogen-bond acceptors (Lipinski definition) is 6. The topological polar surface area (TPSA) is 87.7 Å². The molecule has 0 bridgehead atoms. The van der Waals surface area contributed by atoms with E-state index in [4.69, 9.17) is 0 Å². The van der Waals surface area contributed by atoms with E-state index >= 15 is 0 Å². The van der Waals surface area contributed by atoms with Crippen molar-refractivity contribution in [2.24, 2.45) is 0 Å². The minimum atomic E-state index is -0.301. The third kappa shape index (κ3) is 2.87. The minimum Gasteiger partial charge on any atom is -0.348 e. The number of pyridine rings is 1. The smallest absolute Gasteiger partial charge is 0.230 e. The van der Waals surface area contributed by atoms with Gasteiger partial charge < -0.3 is 9.88 Å². The van der Waals surface area contributed by atoms with E-state index in [1.165, 1.54) is 11.3 Å². The van der Waals surface area contributed by atoms with Crippen molar-refractivity contribution in [2.45, 2.75) is 18.9 Å². The van der Waals surface area contributed by atoms with Crippen LogP contribution in [0.5, 0.6) is 0 Å². The van der Waals surface area contributed by atoms with Crippen molar-refractivity contribution in [1.29, 1.82) is 0 Å². The lowest BCUT2D eigenvalue weighted by Gasteiger charge is -2.34. The summed E-state index contributed by atoms with van der Waals surface area (Å²) in [4.78, 5) is 27.3. The van der Waals surface area contributed by atoms with E-state index in [1.54, 1.807) is 11.8 Å². The summed E-state index contributed by atoms with van der Waals surface area (Å²) in [6, 6.07) is 9.84. The molecule has 0 spiro atoms. The van der Waals surface area contributed by atoms with Crippen LogP contribution in [0.3, 0.4) is 0 Å². The SMILES string of the molecule is O=C(Cc1nncs1)N1CCc2[nH]cnc2[C@H]1c1cc2ccccc2cn1. The van der Waals surface area contributed by atoms with Gasteiger partial charge in [-0.05, 0) is 11.5 Å². The van der Waals surface area contributed by atoms with E-state index in [9.17, 15) is 4.79 Å². The van der Waals surface area contributed by atoms with Gasteiger partial charge in [0.2, 0.25) is 5.91 Å². The van der Waals surface area contributed by atoms with E-state index in [0.717, 1.165) is 39.3 Å². The van der Waals surface area contributed by atoms with Gasteiger partial charge in [0.05, 0.1) is 24.1 Å². The second-order valence-corrected chi connectivity index (χ2v) is 7.39. The lowest BCUT2D eigenvalue weighted by Crippen LogP contribution is -2.41. The lowest BCUT2D eigenvalue weighted by atomic mass is 9.97. The van der Waals surface area contributed by atoms with Crippen LogP contribution in [0.2, 0.25) is 0 Å². The van der Waals surface area contributed by atoms with E-state index in [2.05, 4.69) is 37.3 Å². The third-order valence-electron chi connectivity index (χ3n) is 4.89. The van der Waals surface area contributed by atoms with Gasteiger partial charge in [-0.3, -0.25) is 9.78 Å². The summed E-state index contributed by atoms with van der Waals surface area (Å²) >= 11 is 1.39. The molecule has 4 heterocycles. The number of carbonyl (C=O) groups excluding carboxylic acids is 1. The van der Waals surface area contributed by atoms with Crippen molar-refractivity contribution in [1.82, 2.24) is 30.0 Å². The van der Waals surface area contributed by atoms with Gasteiger partial charge in [-0.1, -0.05) is 24.3 Å². The Labute approximate surface area is 159 Å². The standard InChI is InChI=1S/C19H16N6OS/c26-17(8-16-24-23-11-27-16)25-6-5-14-18(22-10-21-14)19(25)15-7-12-3-1-2-4-13(12)9-20-15/h1-4,7,9-11,19H,5-6,8H2,(H,21,22)/t19-/m1/s1. The average molecular weight is 376 g/mol. The first-order valence-electron chi connectivity index (χ1n) is 8.71. The highest BCUT2D eigenvalue weighted by molar-refractivity contribution is 7.09. The molecular weight excluding hydrogens is 360 g/mol. The van der Waals surface area contributed by atoms with Crippen LogP contribution in [-0.2, 0) is 17.6 Å². The maximum atomic E-state index is 13.0. The first kappa shape index (κ1) is 16.1. The molecule has 0 radical (unpaired) electrons. The second kappa shape index (κ2) is 6.55. The Kier molecular flexibility index (Phi) is 3.90. The third-order valence-corrected chi connectivity index (χ3v) is 5.58. The Morgan fingerprint density at radius 3 is 3.00 bits per heavy atom. The van der Waals surface area contributed by atoms with E-state index in [0.29, 0.717) is 6.54 Å². The van der Waals surface area contributed by atoms with Gasteiger partial charge in [0.1, 0.15) is 16.6 Å². The van der Waals surface area contributed by atoms with Crippen LogP contribution in [0.15, 0.2) is 48.4 Å². The summed E-state index contributed by atoms with van der Waals surface area (Å²) in [7, 11) is 0. The Morgan fingerprint density at radius 1 is 1.26 bits per heavy atom. The summed E-state index contributed by atoms with van der Waals surface area (Å²) in [6.45, 7) is 0.617. The molecule has 1 aromatic carbocycles. The van der Waals surface area contributed by atoms with Gasteiger partial charge in [0.25, 0.3) is 0 Å². The number of aromatic nitrogens is 5. The van der Waals surface area contributed by atoms with E-state index < -0.39 is 0 Å². The second-order valence-electron chi connectivity index (χ2n) is 6.47. The van der Waals surface area contributed by atoms with Crippen LogP contribution < -0.4 is 0 Å². The molecule has 7 nitrogen and oxygen atoms in total. The van der Waals surface area contributed by atoms with E-state index in [1.807, 2.05) is 29.3 Å². The number of rotatable bonds is 3. The molecule has 1 amide bonds. The van der Waals surface area contributed by atoms with Crippen molar-refractivity contribution in [3.05, 3.63) is 70.5 Å². The molecule has 0 fully saturated rings. The van der Waals surface area contributed by atoms with Gasteiger partial charge in [0, 0.05) is 30.2 Å². The number of fused-ring (bicyclic) bond motifs is 2. The highest BCUT2D eigenvalue weighted by atomic mass is 32.1. The van der Waals surface area contributed by atoms with E-state index in [-0.39, 0.29) is 18.4 Å². The molecule has 0 saturated heterocycles. The highest BCUT2D eigenvalue weighted by Gasteiger charge is 2.35. The summed E-state index contributed by atoms with van der Waals surface area (Å²) in [5.74, 6) is 0.0142. The molecule has 8 heteroatoms. The largest absolute Gasteiger partial charge is 0.348 e. The van der Waals surface area contributed by atoms with Crippen LogP contribution in [-0.4, -0.2) is 42.5 Å². The molecule has 1 aliphatic heterocycles. The summed E-state index contributed by atoms with van der Waals surface area (Å²) in [6.07, 6.45) is 4.55. The van der Waals surface area contributed by atoms with Gasteiger partial charge >= 0.3 is 0 Å². The van der Waals surface area contributed by atoms with Crippen LogP contribution in [0.4, 0.5) is 0 Å². The molecule has 1 atom stereocenters. The fourth-order valence-corrected chi connectivity index (χ4v) is 4.12. The van der Waals surface area contributed by atoms with Gasteiger partial charge in [-0.15, -0.1) is 21.5 Å². The van der Waals surface area contributed by atoms with Crippen molar-refractivity contribution in [2.75, 3.05) is 6.54 Å². The molecule has 134 valence electrons.